The Kier molecular flexibility index (Phi) is 6.24. The molecule has 1 N–H and O–H groups in total. The lowest BCUT2D eigenvalue weighted by molar-refractivity contribution is 0.231. The van der Waals surface area contributed by atoms with E-state index in [0.717, 1.165) is 12.8 Å². The summed E-state index contributed by atoms with van der Waals surface area (Å²) in [4.78, 5) is 0. The molecular formula is C10H20O. The highest BCUT2D eigenvalue weighted by Gasteiger charge is 1.96. The van der Waals surface area contributed by atoms with Gasteiger partial charge in [0.05, 0.1) is 0 Å². The van der Waals surface area contributed by atoms with E-state index in [1.807, 2.05) is 0 Å². The highest BCUT2D eigenvalue weighted by Crippen LogP contribution is 2.05. The monoisotopic (exact) mass is 156 g/mol. The smallest absolute Gasteiger partial charge is 0.0456 e. The quantitative estimate of drug-likeness (QED) is 0.607. The lowest BCUT2D eigenvalue weighted by Gasteiger charge is -2.03. The molecule has 11 heavy (non-hydrogen) atoms. The first kappa shape index (κ1) is 10.7. The zero-order chi connectivity index (χ0) is 8.69. The zero-order valence-corrected chi connectivity index (χ0v) is 7.88. The van der Waals surface area contributed by atoms with Crippen LogP contribution in [-0.4, -0.2) is 11.7 Å². The van der Waals surface area contributed by atoms with Crippen molar-refractivity contribution in [3.8, 4) is 0 Å². The summed E-state index contributed by atoms with van der Waals surface area (Å²) in [6, 6.07) is 0. The second kappa shape index (κ2) is 6.41. The maximum atomic E-state index is 8.72. The lowest BCUT2D eigenvalue weighted by Crippen LogP contribution is -1.98. The number of hydrogen-bond donors (Lipinski definition) is 1. The summed E-state index contributed by atoms with van der Waals surface area (Å²) in [6.07, 6.45) is 6.61. The molecule has 0 saturated heterocycles. The van der Waals surface area contributed by atoms with Crippen molar-refractivity contribution in [1.82, 2.24) is 0 Å². The molecule has 1 atom stereocenters. The highest BCUT2D eigenvalue weighted by molar-refractivity contribution is 4.84. The molecule has 0 aliphatic rings. The number of aliphatic hydroxyl groups excluding tert-OH is 1. The van der Waals surface area contributed by atoms with Gasteiger partial charge in [0.1, 0.15) is 0 Å². The van der Waals surface area contributed by atoms with Crippen molar-refractivity contribution in [2.24, 2.45) is 11.8 Å². The zero-order valence-electron chi connectivity index (χ0n) is 7.88. The van der Waals surface area contributed by atoms with E-state index in [2.05, 4.69) is 32.9 Å². The molecule has 0 bridgehead atoms. The first-order chi connectivity index (χ1) is 5.16. The normalized spacial score (nSPS) is 14.6. The molecule has 0 rings (SSSR count). The van der Waals surface area contributed by atoms with Crippen molar-refractivity contribution in [3.63, 3.8) is 0 Å². The van der Waals surface area contributed by atoms with Crippen LogP contribution in [0.5, 0.6) is 0 Å². The molecule has 1 heteroatoms. The summed E-state index contributed by atoms with van der Waals surface area (Å²) in [6.45, 7) is 6.73. The second-order valence-electron chi connectivity index (χ2n) is 3.54. The summed E-state index contributed by atoms with van der Waals surface area (Å²) in [5, 5.41) is 8.72. The Bertz CT molecular complexity index is 105. The van der Waals surface area contributed by atoms with Crippen LogP contribution in [0.15, 0.2) is 12.2 Å². The fraction of sp³-hybridized carbons (Fsp3) is 0.800. The minimum absolute atomic E-state index is 0.315. The van der Waals surface area contributed by atoms with Gasteiger partial charge in [-0.05, 0) is 24.7 Å². The van der Waals surface area contributed by atoms with E-state index in [1.165, 1.54) is 0 Å². The summed E-state index contributed by atoms with van der Waals surface area (Å²) in [5.41, 5.74) is 0. The van der Waals surface area contributed by atoms with Gasteiger partial charge in [0.25, 0.3) is 0 Å². The topological polar surface area (TPSA) is 20.2 Å². The van der Waals surface area contributed by atoms with Crippen molar-refractivity contribution in [1.29, 1.82) is 0 Å². The van der Waals surface area contributed by atoms with Gasteiger partial charge < -0.3 is 5.11 Å². The van der Waals surface area contributed by atoms with Crippen LogP contribution in [0.25, 0.3) is 0 Å². The van der Waals surface area contributed by atoms with Crippen molar-refractivity contribution in [2.75, 3.05) is 6.61 Å². The standard InChI is InChI=1S/C10H20O/c1-9(2)6-4-5-7-10(3)8-11/h4,6,9-11H,5,7-8H2,1-3H3/t10-/m1/s1. The van der Waals surface area contributed by atoms with Crippen molar-refractivity contribution in [3.05, 3.63) is 12.2 Å². The molecule has 0 aromatic rings. The van der Waals surface area contributed by atoms with Gasteiger partial charge in [-0.15, -0.1) is 0 Å². The lowest BCUT2D eigenvalue weighted by atomic mass is 10.1. The molecule has 0 fully saturated rings. The molecule has 0 radical (unpaired) electrons. The summed E-state index contributed by atoms with van der Waals surface area (Å²) in [5.74, 6) is 1.10. The largest absolute Gasteiger partial charge is 0.396 e. The van der Waals surface area contributed by atoms with Gasteiger partial charge in [0, 0.05) is 6.61 Å². The summed E-state index contributed by atoms with van der Waals surface area (Å²) in [7, 11) is 0. The fourth-order valence-corrected chi connectivity index (χ4v) is 0.840. The fourth-order valence-electron chi connectivity index (χ4n) is 0.840. The van der Waals surface area contributed by atoms with E-state index in [0.29, 0.717) is 18.4 Å². The van der Waals surface area contributed by atoms with Gasteiger partial charge in [-0.25, -0.2) is 0 Å². The van der Waals surface area contributed by atoms with Gasteiger partial charge in [0.2, 0.25) is 0 Å². The van der Waals surface area contributed by atoms with Crippen LogP contribution in [0.2, 0.25) is 0 Å². The van der Waals surface area contributed by atoms with Gasteiger partial charge in [-0.2, -0.15) is 0 Å². The maximum Gasteiger partial charge on any atom is 0.0456 e. The van der Waals surface area contributed by atoms with E-state index < -0.39 is 0 Å². The molecule has 0 aliphatic carbocycles. The third kappa shape index (κ3) is 7.60. The Morgan fingerprint density at radius 1 is 1.27 bits per heavy atom. The summed E-state index contributed by atoms with van der Waals surface area (Å²) < 4.78 is 0. The van der Waals surface area contributed by atoms with Crippen molar-refractivity contribution in [2.45, 2.75) is 33.6 Å². The van der Waals surface area contributed by atoms with E-state index in [9.17, 15) is 0 Å². The third-order valence-electron chi connectivity index (χ3n) is 1.66. The molecular weight excluding hydrogens is 136 g/mol. The average molecular weight is 156 g/mol. The predicted molar refractivity (Wildman–Crippen MR) is 49.5 cm³/mol. The van der Waals surface area contributed by atoms with Crippen LogP contribution in [0.4, 0.5) is 0 Å². The molecule has 0 heterocycles. The van der Waals surface area contributed by atoms with Crippen LogP contribution in [0, 0.1) is 11.8 Å². The number of aliphatic hydroxyl groups is 1. The molecule has 0 aromatic heterocycles. The molecule has 0 aromatic carbocycles. The highest BCUT2D eigenvalue weighted by atomic mass is 16.3. The van der Waals surface area contributed by atoms with Gasteiger partial charge in [0.15, 0.2) is 0 Å². The SMILES string of the molecule is CC(C)C=CCC[C@@H](C)CO. The van der Waals surface area contributed by atoms with E-state index >= 15 is 0 Å². The minimum atomic E-state index is 0.315. The first-order valence-corrected chi connectivity index (χ1v) is 4.44. The van der Waals surface area contributed by atoms with Crippen LogP contribution < -0.4 is 0 Å². The van der Waals surface area contributed by atoms with Crippen LogP contribution in [0.1, 0.15) is 33.6 Å². The first-order valence-electron chi connectivity index (χ1n) is 4.44. The number of hydrogen-bond acceptors (Lipinski definition) is 1. The Labute approximate surface area is 70.1 Å². The van der Waals surface area contributed by atoms with Crippen molar-refractivity contribution >= 4 is 0 Å². The van der Waals surface area contributed by atoms with Crippen LogP contribution in [0.3, 0.4) is 0 Å². The molecule has 1 nitrogen and oxygen atoms in total. The molecule has 0 amide bonds. The average Bonchev–Trinajstić information content (AvgIpc) is 1.97. The van der Waals surface area contributed by atoms with Gasteiger partial charge in [-0.1, -0.05) is 32.9 Å². The number of rotatable bonds is 5. The third-order valence-corrected chi connectivity index (χ3v) is 1.66. The van der Waals surface area contributed by atoms with E-state index in [-0.39, 0.29) is 0 Å². The van der Waals surface area contributed by atoms with Crippen molar-refractivity contribution < 1.29 is 5.11 Å². The minimum Gasteiger partial charge on any atom is -0.396 e. The van der Waals surface area contributed by atoms with Crippen LogP contribution in [-0.2, 0) is 0 Å². The Hall–Kier alpha value is -0.300. The molecule has 0 aliphatic heterocycles. The van der Waals surface area contributed by atoms with E-state index in [1.54, 1.807) is 0 Å². The Morgan fingerprint density at radius 2 is 1.91 bits per heavy atom. The van der Waals surface area contributed by atoms with Gasteiger partial charge in [-0.3, -0.25) is 0 Å². The predicted octanol–water partition coefficient (Wildman–Crippen LogP) is 2.61. The molecule has 0 spiro atoms. The van der Waals surface area contributed by atoms with E-state index in [4.69, 9.17) is 5.11 Å². The Morgan fingerprint density at radius 3 is 2.36 bits per heavy atom. The van der Waals surface area contributed by atoms with Crippen LogP contribution >= 0.6 is 0 Å². The number of allylic oxidation sites excluding steroid dienone is 2. The van der Waals surface area contributed by atoms with Gasteiger partial charge >= 0.3 is 0 Å². The molecule has 0 unspecified atom stereocenters. The summed E-state index contributed by atoms with van der Waals surface area (Å²) >= 11 is 0. The second-order valence-corrected chi connectivity index (χ2v) is 3.54. The Balaban J connectivity index is 3.26. The molecule has 66 valence electrons. The molecule has 0 saturated carbocycles. The maximum absolute atomic E-state index is 8.72.